The standard InChI is InChI=1S/C18H21NO5/c1-11-3-2-4-13-9-15(24-16(11)13)17(20)19-10-14(18(21)22)12-5-7-23-8-6-12/h2-4,9,12,14H,5-8,10H2,1H3,(H,19,20)(H,21,22). The van der Waals surface area contributed by atoms with E-state index >= 15 is 0 Å². The molecule has 6 heteroatoms. The Morgan fingerprint density at radius 2 is 2.08 bits per heavy atom. The maximum Gasteiger partial charge on any atom is 0.308 e. The lowest BCUT2D eigenvalue weighted by Crippen LogP contribution is -2.38. The van der Waals surface area contributed by atoms with Gasteiger partial charge in [-0.15, -0.1) is 0 Å². The third kappa shape index (κ3) is 3.43. The van der Waals surface area contributed by atoms with Crippen LogP contribution in [0.15, 0.2) is 28.7 Å². The number of carbonyl (C=O) groups excluding carboxylic acids is 1. The van der Waals surface area contributed by atoms with Crippen LogP contribution in [0, 0.1) is 18.8 Å². The van der Waals surface area contributed by atoms with Gasteiger partial charge in [-0.1, -0.05) is 18.2 Å². The molecule has 128 valence electrons. The Morgan fingerprint density at radius 3 is 2.75 bits per heavy atom. The fourth-order valence-electron chi connectivity index (χ4n) is 3.18. The zero-order chi connectivity index (χ0) is 17.1. The average Bonchev–Trinajstić information content (AvgIpc) is 3.01. The van der Waals surface area contributed by atoms with Gasteiger partial charge >= 0.3 is 5.97 Å². The first kappa shape index (κ1) is 16.5. The number of carboxylic acids is 1. The second kappa shape index (κ2) is 7.05. The molecule has 0 spiro atoms. The molecule has 0 saturated carbocycles. The number of nitrogens with one attached hydrogen (secondary N) is 1. The fraction of sp³-hybridized carbons (Fsp3) is 0.444. The number of fused-ring (bicyclic) bond motifs is 1. The summed E-state index contributed by atoms with van der Waals surface area (Å²) >= 11 is 0. The second-order valence-corrected chi connectivity index (χ2v) is 6.21. The lowest BCUT2D eigenvalue weighted by Gasteiger charge is -2.27. The van der Waals surface area contributed by atoms with Gasteiger partial charge < -0.3 is 19.6 Å². The van der Waals surface area contributed by atoms with Gasteiger partial charge in [-0.05, 0) is 37.3 Å². The lowest BCUT2D eigenvalue weighted by molar-refractivity contribution is -0.144. The molecule has 3 rings (SSSR count). The fourth-order valence-corrected chi connectivity index (χ4v) is 3.18. The van der Waals surface area contributed by atoms with Gasteiger partial charge in [0.2, 0.25) is 0 Å². The van der Waals surface area contributed by atoms with Gasteiger partial charge in [-0.25, -0.2) is 0 Å². The molecule has 0 bridgehead atoms. The number of amides is 1. The van der Waals surface area contributed by atoms with E-state index in [0.717, 1.165) is 10.9 Å². The molecule has 2 aromatic rings. The number of hydrogen-bond donors (Lipinski definition) is 2. The Hall–Kier alpha value is -2.34. The van der Waals surface area contributed by atoms with E-state index in [0.29, 0.717) is 31.6 Å². The van der Waals surface area contributed by atoms with Crippen molar-refractivity contribution in [1.82, 2.24) is 5.32 Å². The summed E-state index contributed by atoms with van der Waals surface area (Å²) in [5.74, 6) is -1.65. The molecule has 2 heterocycles. The van der Waals surface area contributed by atoms with Crippen molar-refractivity contribution in [1.29, 1.82) is 0 Å². The first-order valence-electron chi connectivity index (χ1n) is 8.14. The van der Waals surface area contributed by atoms with Crippen LogP contribution < -0.4 is 5.32 Å². The summed E-state index contributed by atoms with van der Waals surface area (Å²) in [7, 11) is 0. The van der Waals surface area contributed by atoms with E-state index in [1.165, 1.54) is 0 Å². The number of furan rings is 1. The van der Waals surface area contributed by atoms with Gasteiger partial charge in [0.15, 0.2) is 5.76 Å². The second-order valence-electron chi connectivity index (χ2n) is 6.21. The molecule has 1 saturated heterocycles. The predicted octanol–water partition coefficient (Wildman–Crippen LogP) is 2.60. The van der Waals surface area contributed by atoms with Crippen LogP contribution in [0.3, 0.4) is 0 Å². The summed E-state index contributed by atoms with van der Waals surface area (Å²) in [5, 5.41) is 13.0. The first-order chi connectivity index (χ1) is 11.6. The third-order valence-corrected chi connectivity index (χ3v) is 4.60. The van der Waals surface area contributed by atoms with Crippen molar-refractivity contribution in [2.45, 2.75) is 19.8 Å². The van der Waals surface area contributed by atoms with Gasteiger partial charge in [0.05, 0.1) is 5.92 Å². The maximum absolute atomic E-state index is 12.3. The van der Waals surface area contributed by atoms with E-state index < -0.39 is 11.9 Å². The zero-order valence-electron chi connectivity index (χ0n) is 13.6. The van der Waals surface area contributed by atoms with E-state index in [4.69, 9.17) is 9.15 Å². The van der Waals surface area contributed by atoms with E-state index in [1.54, 1.807) is 6.07 Å². The summed E-state index contributed by atoms with van der Waals surface area (Å²) in [6, 6.07) is 7.38. The van der Waals surface area contributed by atoms with Gasteiger partial charge in [-0.3, -0.25) is 9.59 Å². The molecular weight excluding hydrogens is 310 g/mol. The Bertz CT molecular complexity index is 745. The van der Waals surface area contributed by atoms with Crippen molar-refractivity contribution in [2.24, 2.45) is 11.8 Å². The highest BCUT2D eigenvalue weighted by molar-refractivity contribution is 5.96. The molecule has 6 nitrogen and oxygen atoms in total. The van der Waals surface area contributed by atoms with Crippen LogP contribution in [0.25, 0.3) is 11.0 Å². The molecule has 1 aromatic carbocycles. The van der Waals surface area contributed by atoms with Gasteiger partial charge in [0, 0.05) is 25.1 Å². The van der Waals surface area contributed by atoms with Crippen LogP contribution in [0.5, 0.6) is 0 Å². The van der Waals surface area contributed by atoms with Crippen molar-refractivity contribution in [3.63, 3.8) is 0 Å². The first-order valence-corrected chi connectivity index (χ1v) is 8.14. The number of ether oxygens (including phenoxy) is 1. The molecule has 1 amide bonds. The number of para-hydroxylation sites is 1. The molecule has 1 aliphatic rings. The SMILES string of the molecule is Cc1cccc2cc(C(=O)NCC(C(=O)O)C3CCOCC3)oc12. The van der Waals surface area contributed by atoms with Crippen LogP contribution >= 0.6 is 0 Å². The summed E-state index contributed by atoms with van der Waals surface area (Å²) in [4.78, 5) is 23.8. The third-order valence-electron chi connectivity index (χ3n) is 4.60. The van der Waals surface area contributed by atoms with Crippen LogP contribution in [-0.2, 0) is 9.53 Å². The minimum absolute atomic E-state index is 0.0227. The average molecular weight is 331 g/mol. The van der Waals surface area contributed by atoms with E-state index in [1.807, 2.05) is 25.1 Å². The van der Waals surface area contributed by atoms with E-state index in [-0.39, 0.29) is 24.1 Å². The number of hydrogen-bond acceptors (Lipinski definition) is 4. The molecule has 1 aromatic heterocycles. The minimum Gasteiger partial charge on any atom is -0.481 e. The highest BCUT2D eigenvalue weighted by atomic mass is 16.5. The quantitative estimate of drug-likeness (QED) is 0.879. The summed E-state index contributed by atoms with van der Waals surface area (Å²) in [5.41, 5.74) is 1.64. The minimum atomic E-state index is -0.886. The Balaban J connectivity index is 1.68. The van der Waals surface area contributed by atoms with E-state index in [2.05, 4.69) is 5.32 Å². The number of aryl methyl sites for hydroxylation is 1. The normalized spacial score (nSPS) is 16.9. The smallest absolute Gasteiger partial charge is 0.308 e. The van der Waals surface area contributed by atoms with Crippen molar-refractivity contribution in [2.75, 3.05) is 19.8 Å². The molecule has 1 aliphatic heterocycles. The molecular formula is C18H21NO5. The number of aliphatic carboxylic acids is 1. The van der Waals surface area contributed by atoms with Crippen molar-refractivity contribution >= 4 is 22.8 Å². The molecule has 1 atom stereocenters. The molecule has 1 unspecified atom stereocenters. The number of carbonyl (C=O) groups is 2. The van der Waals surface area contributed by atoms with Crippen LogP contribution in [-0.4, -0.2) is 36.7 Å². The Kier molecular flexibility index (Phi) is 4.85. The molecule has 1 fully saturated rings. The number of carboxylic acid groups (broad SMARTS) is 1. The number of benzene rings is 1. The van der Waals surface area contributed by atoms with Crippen LogP contribution in [0.2, 0.25) is 0 Å². The molecule has 0 radical (unpaired) electrons. The zero-order valence-corrected chi connectivity index (χ0v) is 13.6. The van der Waals surface area contributed by atoms with Crippen molar-refractivity contribution in [3.8, 4) is 0 Å². The van der Waals surface area contributed by atoms with Crippen LogP contribution in [0.4, 0.5) is 0 Å². The van der Waals surface area contributed by atoms with Crippen molar-refractivity contribution in [3.05, 3.63) is 35.6 Å². The summed E-state index contributed by atoms with van der Waals surface area (Å²) in [6.07, 6.45) is 1.41. The number of rotatable bonds is 5. The van der Waals surface area contributed by atoms with Gasteiger partial charge in [0.1, 0.15) is 5.58 Å². The van der Waals surface area contributed by atoms with Crippen molar-refractivity contribution < 1.29 is 23.8 Å². The summed E-state index contributed by atoms with van der Waals surface area (Å²) in [6.45, 7) is 3.16. The molecule has 24 heavy (non-hydrogen) atoms. The monoisotopic (exact) mass is 331 g/mol. The molecule has 2 N–H and O–H groups in total. The summed E-state index contributed by atoms with van der Waals surface area (Å²) < 4.78 is 10.9. The van der Waals surface area contributed by atoms with Crippen LogP contribution in [0.1, 0.15) is 29.0 Å². The topological polar surface area (TPSA) is 88.8 Å². The predicted molar refractivity (Wildman–Crippen MR) is 88.0 cm³/mol. The largest absolute Gasteiger partial charge is 0.481 e. The Morgan fingerprint density at radius 1 is 1.33 bits per heavy atom. The molecule has 0 aliphatic carbocycles. The van der Waals surface area contributed by atoms with Gasteiger partial charge in [0.25, 0.3) is 5.91 Å². The Labute approximate surface area is 139 Å². The van der Waals surface area contributed by atoms with E-state index in [9.17, 15) is 14.7 Å². The van der Waals surface area contributed by atoms with Gasteiger partial charge in [-0.2, -0.15) is 0 Å². The highest BCUT2D eigenvalue weighted by Gasteiger charge is 2.30. The maximum atomic E-state index is 12.3. The highest BCUT2D eigenvalue weighted by Crippen LogP contribution is 2.25. The lowest BCUT2D eigenvalue weighted by atomic mass is 9.86.